The monoisotopic (exact) mass is 280 g/mol. The van der Waals surface area contributed by atoms with Crippen LogP contribution >= 0.6 is 0 Å². The van der Waals surface area contributed by atoms with E-state index in [0.29, 0.717) is 6.04 Å². The number of aliphatic hydroxyl groups is 1. The molecule has 0 aromatic heterocycles. The fourth-order valence-electron chi connectivity index (χ4n) is 3.20. The van der Waals surface area contributed by atoms with E-state index in [0.717, 1.165) is 18.3 Å². The molecule has 0 amide bonds. The second kappa shape index (κ2) is 6.33. The Morgan fingerprint density at radius 3 is 2.10 bits per heavy atom. The summed E-state index contributed by atoms with van der Waals surface area (Å²) in [5.41, 5.74) is -0.0496. The van der Waals surface area contributed by atoms with Gasteiger partial charge in [0.05, 0.1) is 6.61 Å². The molecule has 0 bridgehead atoms. The molecule has 2 N–H and O–H groups in total. The Morgan fingerprint density at radius 2 is 1.65 bits per heavy atom. The summed E-state index contributed by atoms with van der Waals surface area (Å²) in [6.07, 6.45) is 10.7. The zero-order valence-corrected chi connectivity index (χ0v) is 13.1. The smallest absolute Gasteiger partial charge is 0.0610 e. The van der Waals surface area contributed by atoms with Crippen molar-refractivity contribution in [3.8, 4) is 0 Å². The van der Waals surface area contributed by atoms with Crippen LogP contribution in [0.15, 0.2) is 0 Å². The highest BCUT2D eigenvalue weighted by molar-refractivity contribution is 4.92. The largest absolute Gasteiger partial charge is 0.394 e. The number of nitrogens with one attached hydrogen (secondary N) is 1. The van der Waals surface area contributed by atoms with Crippen LogP contribution in [0.5, 0.6) is 0 Å². The first-order valence-electron chi connectivity index (χ1n) is 8.78. The van der Waals surface area contributed by atoms with Crippen LogP contribution in [0, 0.1) is 11.8 Å². The van der Waals surface area contributed by atoms with Gasteiger partial charge >= 0.3 is 0 Å². The van der Waals surface area contributed by atoms with Crippen molar-refractivity contribution in [3.05, 3.63) is 0 Å². The standard InChI is InChI=1S/C17H32N2O/c1-17(13-20,18-16-7-8-16)9-2-10-19(11-14-3-4-14)12-15-5-6-15/h14-16,18,20H,2-13H2,1H3. The van der Waals surface area contributed by atoms with Crippen LogP contribution in [0.3, 0.4) is 0 Å². The average Bonchev–Trinajstić information content (AvgIpc) is 3.21. The lowest BCUT2D eigenvalue weighted by molar-refractivity contribution is 0.153. The molecule has 0 saturated heterocycles. The Balaban J connectivity index is 1.38. The molecule has 3 rings (SSSR count). The molecule has 3 aliphatic carbocycles. The van der Waals surface area contributed by atoms with Gasteiger partial charge < -0.3 is 15.3 Å². The minimum Gasteiger partial charge on any atom is -0.394 e. The van der Waals surface area contributed by atoms with Gasteiger partial charge in [-0.15, -0.1) is 0 Å². The highest BCUT2D eigenvalue weighted by Gasteiger charge is 2.32. The fraction of sp³-hybridized carbons (Fsp3) is 1.00. The van der Waals surface area contributed by atoms with Gasteiger partial charge in [0.1, 0.15) is 0 Å². The Morgan fingerprint density at radius 1 is 1.05 bits per heavy atom. The van der Waals surface area contributed by atoms with Crippen molar-refractivity contribution in [1.82, 2.24) is 10.2 Å². The van der Waals surface area contributed by atoms with Gasteiger partial charge in [0.25, 0.3) is 0 Å². The van der Waals surface area contributed by atoms with Crippen LogP contribution in [0.1, 0.15) is 58.3 Å². The van der Waals surface area contributed by atoms with Crippen molar-refractivity contribution in [2.45, 2.75) is 69.9 Å². The summed E-state index contributed by atoms with van der Waals surface area (Å²) in [4.78, 5) is 2.71. The van der Waals surface area contributed by atoms with Crippen molar-refractivity contribution in [3.63, 3.8) is 0 Å². The number of nitrogens with zero attached hydrogens (tertiary/aromatic N) is 1. The lowest BCUT2D eigenvalue weighted by Crippen LogP contribution is -2.47. The van der Waals surface area contributed by atoms with Gasteiger partial charge in [-0.2, -0.15) is 0 Å². The lowest BCUT2D eigenvalue weighted by Gasteiger charge is -2.30. The maximum absolute atomic E-state index is 9.66. The first kappa shape index (κ1) is 14.8. The molecule has 1 atom stereocenters. The third kappa shape index (κ3) is 5.01. The van der Waals surface area contributed by atoms with E-state index in [-0.39, 0.29) is 12.1 Å². The van der Waals surface area contributed by atoms with Crippen LogP contribution in [0.2, 0.25) is 0 Å². The van der Waals surface area contributed by atoms with E-state index in [1.165, 1.54) is 64.6 Å². The van der Waals surface area contributed by atoms with Crippen LogP contribution in [0.4, 0.5) is 0 Å². The molecule has 0 heterocycles. The molecule has 3 aliphatic rings. The average molecular weight is 280 g/mol. The van der Waals surface area contributed by atoms with E-state index in [2.05, 4.69) is 17.1 Å². The highest BCUT2D eigenvalue weighted by atomic mass is 16.3. The number of rotatable bonds is 11. The summed E-state index contributed by atoms with van der Waals surface area (Å²) in [6.45, 7) is 6.37. The van der Waals surface area contributed by atoms with Gasteiger partial charge in [-0.05, 0) is 76.7 Å². The molecular formula is C17H32N2O. The molecule has 1 unspecified atom stereocenters. The summed E-state index contributed by atoms with van der Waals surface area (Å²) in [6, 6.07) is 0.682. The molecule has 3 nitrogen and oxygen atoms in total. The van der Waals surface area contributed by atoms with E-state index in [1.54, 1.807) is 0 Å². The Kier molecular flexibility index (Phi) is 4.68. The predicted molar refractivity (Wildman–Crippen MR) is 82.8 cm³/mol. The maximum atomic E-state index is 9.66. The topological polar surface area (TPSA) is 35.5 Å². The van der Waals surface area contributed by atoms with Crippen molar-refractivity contribution < 1.29 is 5.11 Å². The minimum absolute atomic E-state index is 0.0496. The molecule has 0 aromatic carbocycles. The van der Waals surface area contributed by atoms with Gasteiger partial charge in [-0.25, -0.2) is 0 Å². The molecule has 20 heavy (non-hydrogen) atoms. The highest BCUT2D eigenvalue weighted by Crippen LogP contribution is 2.34. The number of hydrogen-bond acceptors (Lipinski definition) is 3. The Bertz CT molecular complexity index is 296. The minimum atomic E-state index is -0.0496. The van der Waals surface area contributed by atoms with E-state index >= 15 is 0 Å². The van der Waals surface area contributed by atoms with Crippen molar-refractivity contribution in [2.24, 2.45) is 11.8 Å². The number of hydrogen-bond donors (Lipinski definition) is 2. The van der Waals surface area contributed by atoms with E-state index in [1.807, 2.05) is 0 Å². The molecular weight excluding hydrogens is 248 g/mol. The summed E-state index contributed by atoms with van der Waals surface area (Å²) in [5, 5.41) is 13.3. The summed E-state index contributed by atoms with van der Waals surface area (Å²) < 4.78 is 0. The molecule has 0 radical (unpaired) electrons. The summed E-state index contributed by atoms with van der Waals surface area (Å²) in [5.74, 6) is 2.00. The molecule has 0 aliphatic heterocycles. The third-order valence-corrected chi connectivity index (χ3v) is 5.11. The Hall–Kier alpha value is -0.120. The predicted octanol–water partition coefficient (Wildman–Crippen LogP) is 2.39. The second-order valence-corrected chi connectivity index (χ2v) is 7.89. The third-order valence-electron chi connectivity index (χ3n) is 5.11. The van der Waals surface area contributed by atoms with E-state index in [4.69, 9.17) is 0 Å². The number of aliphatic hydroxyl groups excluding tert-OH is 1. The maximum Gasteiger partial charge on any atom is 0.0610 e. The van der Waals surface area contributed by atoms with Gasteiger partial charge in [-0.3, -0.25) is 0 Å². The van der Waals surface area contributed by atoms with E-state index in [9.17, 15) is 5.11 Å². The van der Waals surface area contributed by atoms with Crippen molar-refractivity contribution >= 4 is 0 Å². The van der Waals surface area contributed by atoms with Gasteiger partial charge in [0, 0.05) is 24.7 Å². The molecule has 3 heteroatoms. The van der Waals surface area contributed by atoms with Gasteiger partial charge in [-0.1, -0.05) is 0 Å². The van der Waals surface area contributed by atoms with Gasteiger partial charge in [0.15, 0.2) is 0 Å². The van der Waals surface area contributed by atoms with Crippen molar-refractivity contribution in [1.29, 1.82) is 0 Å². The first-order chi connectivity index (χ1) is 9.67. The molecule has 0 aromatic rings. The Labute approximate surface area is 124 Å². The van der Waals surface area contributed by atoms with Crippen LogP contribution in [-0.2, 0) is 0 Å². The second-order valence-electron chi connectivity index (χ2n) is 7.89. The van der Waals surface area contributed by atoms with Crippen LogP contribution in [0.25, 0.3) is 0 Å². The summed E-state index contributed by atoms with van der Waals surface area (Å²) in [7, 11) is 0. The van der Waals surface area contributed by atoms with Crippen LogP contribution in [-0.4, -0.2) is 47.8 Å². The zero-order chi connectivity index (χ0) is 14.0. The normalized spacial score (nSPS) is 25.9. The van der Waals surface area contributed by atoms with Gasteiger partial charge in [0.2, 0.25) is 0 Å². The molecule has 3 saturated carbocycles. The first-order valence-corrected chi connectivity index (χ1v) is 8.78. The summed E-state index contributed by atoms with van der Waals surface area (Å²) >= 11 is 0. The van der Waals surface area contributed by atoms with Crippen LogP contribution < -0.4 is 5.32 Å². The van der Waals surface area contributed by atoms with E-state index < -0.39 is 0 Å². The molecule has 0 spiro atoms. The lowest BCUT2D eigenvalue weighted by atomic mass is 9.96. The quantitative estimate of drug-likeness (QED) is 0.610. The molecule has 116 valence electrons. The SMILES string of the molecule is CC(CO)(CCCN(CC1CC1)CC1CC1)NC1CC1. The molecule has 3 fully saturated rings. The zero-order valence-electron chi connectivity index (χ0n) is 13.1. The fourth-order valence-corrected chi connectivity index (χ4v) is 3.20. The van der Waals surface area contributed by atoms with Crippen molar-refractivity contribution in [2.75, 3.05) is 26.2 Å².